The number of fused-ring (bicyclic) bond motifs is 4. The van der Waals surface area contributed by atoms with E-state index in [4.69, 9.17) is 21.9 Å². The van der Waals surface area contributed by atoms with E-state index in [1.54, 1.807) is 12.0 Å². The van der Waals surface area contributed by atoms with E-state index < -0.39 is 0 Å². The van der Waals surface area contributed by atoms with Gasteiger partial charge in [-0.1, -0.05) is 42.5 Å². The molecule has 4 nitrogen and oxygen atoms in total. The summed E-state index contributed by atoms with van der Waals surface area (Å²) in [7, 11) is 1.68. The van der Waals surface area contributed by atoms with Crippen molar-refractivity contribution in [2.24, 2.45) is 0 Å². The van der Waals surface area contributed by atoms with Crippen molar-refractivity contribution in [3.63, 3.8) is 0 Å². The molecule has 158 valence electrons. The molecule has 1 aliphatic heterocycles. The average Bonchev–Trinajstić information content (AvgIpc) is 3.43. The molecule has 0 saturated carbocycles. The molecule has 0 N–H and O–H groups in total. The number of carbonyl (C=O) groups is 1. The zero-order valence-electron chi connectivity index (χ0n) is 17.6. The molecule has 2 aromatic carbocycles. The van der Waals surface area contributed by atoms with Gasteiger partial charge >= 0.3 is 0 Å². The van der Waals surface area contributed by atoms with Gasteiger partial charge in [0, 0.05) is 23.2 Å². The van der Waals surface area contributed by atoms with Gasteiger partial charge in [0.1, 0.15) is 10.6 Å². The average molecular weight is 457 g/mol. The van der Waals surface area contributed by atoms with Gasteiger partial charge in [0.15, 0.2) is 0 Å². The number of para-hydroxylation sites is 1. The monoisotopic (exact) mass is 456 g/mol. The van der Waals surface area contributed by atoms with Crippen molar-refractivity contribution in [1.29, 1.82) is 0 Å². The lowest BCUT2D eigenvalue weighted by molar-refractivity contribution is 0.100. The molecule has 0 spiro atoms. The summed E-state index contributed by atoms with van der Waals surface area (Å²) in [6, 6.07) is 17.9. The summed E-state index contributed by atoms with van der Waals surface area (Å²) < 4.78 is 5.37. The van der Waals surface area contributed by atoms with Gasteiger partial charge in [0.25, 0.3) is 5.91 Å². The molecule has 6 rings (SSSR count). The number of carbonyl (C=O) groups excluding carboxylic acids is 1. The van der Waals surface area contributed by atoms with Crippen LogP contribution in [0.1, 0.15) is 32.9 Å². The summed E-state index contributed by atoms with van der Waals surface area (Å²) in [4.78, 5) is 22.6. The quantitative estimate of drug-likeness (QED) is 0.355. The number of pyridine rings is 1. The van der Waals surface area contributed by atoms with Crippen molar-refractivity contribution in [2.75, 3.05) is 12.0 Å². The minimum atomic E-state index is -0.0497. The highest BCUT2D eigenvalue weighted by atomic mass is 32.1. The molecule has 6 heteroatoms. The first-order chi connectivity index (χ1) is 15.7. The van der Waals surface area contributed by atoms with Crippen LogP contribution in [0.2, 0.25) is 0 Å². The number of ether oxygens (including phenoxy) is 1. The van der Waals surface area contributed by atoms with E-state index in [1.165, 1.54) is 22.5 Å². The lowest BCUT2D eigenvalue weighted by atomic mass is 9.92. The second-order valence-electron chi connectivity index (χ2n) is 8.13. The van der Waals surface area contributed by atoms with Crippen LogP contribution in [0.15, 0.2) is 54.6 Å². The Morgan fingerprint density at radius 2 is 1.81 bits per heavy atom. The minimum Gasteiger partial charge on any atom is -0.497 e. The predicted molar refractivity (Wildman–Crippen MR) is 133 cm³/mol. The number of hydrogen-bond donors (Lipinski definition) is 0. The summed E-state index contributed by atoms with van der Waals surface area (Å²) in [6.45, 7) is 0. The molecule has 3 heterocycles. The second kappa shape index (κ2) is 7.50. The van der Waals surface area contributed by atoms with Gasteiger partial charge < -0.3 is 4.74 Å². The van der Waals surface area contributed by atoms with Crippen LogP contribution in [-0.2, 0) is 19.3 Å². The molecular formula is C26H20N2O2S2. The Balaban J connectivity index is 1.59. The van der Waals surface area contributed by atoms with Crippen LogP contribution < -0.4 is 9.64 Å². The van der Waals surface area contributed by atoms with E-state index in [0.717, 1.165) is 62.6 Å². The van der Waals surface area contributed by atoms with Gasteiger partial charge in [-0.2, -0.15) is 0 Å². The fraction of sp³-hybridized carbons (Fsp3) is 0.192. The highest BCUT2D eigenvalue weighted by Gasteiger charge is 2.35. The number of amides is 1. The fourth-order valence-electron chi connectivity index (χ4n) is 4.88. The van der Waals surface area contributed by atoms with E-state index in [2.05, 4.69) is 12.1 Å². The molecule has 4 aromatic rings. The van der Waals surface area contributed by atoms with Crippen molar-refractivity contribution in [3.8, 4) is 16.9 Å². The van der Waals surface area contributed by atoms with Crippen LogP contribution in [0.25, 0.3) is 21.3 Å². The Morgan fingerprint density at radius 3 is 2.56 bits per heavy atom. The third-order valence-corrected chi connectivity index (χ3v) is 7.77. The number of anilines is 1. The van der Waals surface area contributed by atoms with Crippen LogP contribution in [0.5, 0.6) is 5.75 Å². The maximum atomic E-state index is 13.6. The number of hydrogen-bond acceptors (Lipinski definition) is 5. The van der Waals surface area contributed by atoms with Crippen molar-refractivity contribution < 1.29 is 9.53 Å². The second-order valence-corrected chi connectivity index (χ2v) is 9.60. The molecule has 32 heavy (non-hydrogen) atoms. The number of aromatic nitrogens is 1. The van der Waals surface area contributed by atoms with Gasteiger partial charge in [-0.05, 0) is 65.8 Å². The topological polar surface area (TPSA) is 42.4 Å². The Kier molecular flexibility index (Phi) is 4.59. The highest BCUT2D eigenvalue weighted by molar-refractivity contribution is 7.80. The van der Waals surface area contributed by atoms with Crippen molar-refractivity contribution in [3.05, 3.63) is 76.3 Å². The maximum Gasteiger partial charge on any atom is 0.273 e. The van der Waals surface area contributed by atoms with Gasteiger partial charge in [-0.3, -0.25) is 9.69 Å². The summed E-state index contributed by atoms with van der Waals surface area (Å²) in [5.41, 5.74) is 6.67. The van der Waals surface area contributed by atoms with Crippen LogP contribution >= 0.6 is 23.6 Å². The fourth-order valence-corrected chi connectivity index (χ4v) is 6.37. The number of aryl methyl sites for hydroxylation is 1. The van der Waals surface area contributed by atoms with Crippen molar-refractivity contribution in [2.45, 2.75) is 25.7 Å². The lowest BCUT2D eigenvalue weighted by Crippen LogP contribution is -2.40. The smallest absolute Gasteiger partial charge is 0.273 e. The number of methoxy groups -OCH3 is 1. The first-order valence-corrected chi connectivity index (χ1v) is 11.9. The summed E-state index contributed by atoms with van der Waals surface area (Å²) in [5, 5.41) is 1.10. The molecule has 0 bridgehead atoms. The molecule has 0 saturated heterocycles. The van der Waals surface area contributed by atoms with Crippen molar-refractivity contribution in [1.82, 2.24) is 4.98 Å². The molecule has 0 atom stereocenters. The van der Waals surface area contributed by atoms with Crippen LogP contribution in [0.3, 0.4) is 0 Å². The number of thiophene rings is 1. The third-order valence-electron chi connectivity index (χ3n) is 6.33. The van der Waals surface area contributed by atoms with Crippen LogP contribution in [-0.4, -0.2) is 23.0 Å². The molecular weight excluding hydrogens is 436 g/mol. The highest BCUT2D eigenvalue weighted by Crippen LogP contribution is 2.45. The van der Waals surface area contributed by atoms with Gasteiger partial charge in [-0.25, -0.2) is 4.98 Å². The summed E-state index contributed by atoms with van der Waals surface area (Å²) in [6.07, 6.45) is 3.68. The van der Waals surface area contributed by atoms with Crippen molar-refractivity contribution >= 4 is 50.4 Å². The predicted octanol–water partition coefficient (Wildman–Crippen LogP) is 5.99. The maximum absolute atomic E-state index is 13.6. The Morgan fingerprint density at radius 1 is 1.03 bits per heavy atom. The molecule has 0 radical (unpaired) electrons. The first-order valence-electron chi connectivity index (χ1n) is 10.7. The molecule has 0 fully saturated rings. The Labute approximate surface area is 195 Å². The SMILES string of the molecule is COc1ccc(-c2c3c(nc4sc5c(c24)CC(=S)N(c2ccccc2)C5=O)CCC3)cc1. The Bertz CT molecular complexity index is 1390. The zero-order chi connectivity index (χ0) is 21.8. The van der Waals surface area contributed by atoms with E-state index in [-0.39, 0.29) is 5.91 Å². The number of nitrogens with zero attached hydrogens (tertiary/aromatic N) is 2. The number of benzene rings is 2. The van der Waals surface area contributed by atoms with Crippen LogP contribution in [0, 0.1) is 0 Å². The molecule has 0 unspecified atom stereocenters. The largest absolute Gasteiger partial charge is 0.497 e. The van der Waals surface area contributed by atoms with Gasteiger partial charge in [0.05, 0.1) is 17.0 Å². The first kappa shape index (κ1) is 19.6. The Hall–Kier alpha value is -3.09. The molecule has 2 aromatic heterocycles. The lowest BCUT2D eigenvalue weighted by Gasteiger charge is -2.27. The normalized spacial score (nSPS) is 15.2. The number of rotatable bonds is 3. The minimum absolute atomic E-state index is 0.0497. The molecule has 2 aliphatic rings. The standard InChI is InChI=1S/C26H20N2O2S2/c1-30-17-12-10-15(11-13-17)22-18-8-5-9-20(18)27-25-23(22)19-14-21(31)28(26(29)24(19)32-25)16-6-3-2-4-7-16/h2-4,6-7,10-13H,5,8-9,14H2,1H3. The van der Waals surface area contributed by atoms with Gasteiger partial charge in [0.2, 0.25) is 0 Å². The van der Waals surface area contributed by atoms with Crippen LogP contribution in [0.4, 0.5) is 5.69 Å². The summed E-state index contributed by atoms with van der Waals surface area (Å²) in [5.74, 6) is 0.782. The molecule has 1 aliphatic carbocycles. The van der Waals surface area contributed by atoms with E-state index in [0.29, 0.717) is 11.4 Å². The number of thiocarbonyl (C=S) groups is 1. The zero-order valence-corrected chi connectivity index (χ0v) is 19.2. The van der Waals surface area contributed by atoms with E-state index >= 15 is 0 Å². The van der Waals surface area contributed by atoms with E-state index in [9.17, 15) is 4.79 Å². The van der Waals surface area contributed by atoms with Gasteiger partial charge in [-0.15, -0.1) is 11.3 Å². The third kappa shape index (κ3) is 2.90. The molecule has 1 amide bonds. The summed E-state index contributed by atoms with van der Waals surface area (Å²) >= 11 is 7.26. The van der Waals surface area contributed by atoms with E-state index in [1.807, 2.05) is 42.5 Å².